The van der Waals surface area contributed by atoms with E-state index in [0.717, 1.165) is 58.7 Å². The molecule has 9 heteroatoms. The Bertz CT molecular complexity index is 2650. The second kappa shape index (κ2) is 14.3. The molecule has 8 nitrogen and oxygen atoms in total. The lowest BCUT2D eigenvalue weighted by Gasteiger charge is -2.47. The van der Waals surface area contributed by atoms with Gasteiger partial charge in [-0.3, -0.25) is 4.79 Å². The highest BCUT2D eigenvalue weighted by Crippen LogP contribution is 2.47. The largest absolute Gasteiger partial charge is 0.481 e. The minimum atomic E-state index is -0.964. The fourth-order valence-electron chi connectivity index (χ4n) is 9.59. The van der Waals surface area contributed by atoms with E-state index in [2.05, 4.69) is 72.0 Å². The Morgan fingerprint density at radius 2 is 1.30 bits per heavy atom. The number of rotatable bonds is 9. The quantitative estimate of drug-likeness (QED) is 0.141. The molecule has 0 amide bonds. The van der Waals surface area contributed by atoms with Gasteiger partial charge in [-0.15, -0.1) is 0 Å². The van der Waals surface area contributed by atoms with Crippen LogP contribution in [0.5, 0.6) is 0 Å². The summed E-state index contributed by atoms with van der Waals surface area (Å²) in [6.07, 6.45) is 5.55. The van der Waals surface area contributed by atoms with Gasteiger partial charge < -0.3 is 10.4 Å². The number of aromatic nitrogens is 5. The molecule has 2 unspecified atom stereocenters. The summed E-state index contributed by atoms with van der Waals surface area (Å²) in [5.74, 6) is 0.0740. The van der Waals surface area contributed by atoms with Crippen LogP contribution in [0.1, 0.15) is 42.4 Å². The highest BCUT2D eigenvalue weighted by atomic mass is 35.5. The van der Waals surface area contributed by atoms with Gasteiger partial charge in [0.25, 0.3) is 0 Å². The summed E-state index contributed by atoms with van der Waals surface area (Å²) in [4.78, 5) is 28.2. The zero-order valence-corrected chi connectivity index (χ0v) is 31.8. The Balaban J connectivity index is 1.23. The van der Waals surface area contributed by atoms with Crippen LogP contribution in [-0.4, -0.2) is 41.9 Å². The molecule has 3 aliphatic rings. The number of hydrogen-bond acceptors (Lipinski definition) is 6. The maximum atomic E-state index is 12.8. The monoisotopic (exact) mass is 766 g/mol. The minimum absolute atomic E-state index is 0.140. The second-order valence-electron chi connectivity index (χ2n) is 15.3. The normalized spacial score (nSPS) is 19.2. The highest BCUT2D eigenvalue weighted by molar-refractivity contribution is 6.31. The number of carboxylic acids is 1. The van der Waals surface area contributed by atoms with Crippen LogP contribution in [0.15, 0.2) is 152 Å². The predicted octanol–water partition coefficient (Wildman–Crippen LogP) is 10.5. The Hall–Kier alpha value is -6.38. The summed E-state index contributed by atoms with van der Waals surface area (Å²) in [7, 11) is 0. The van der Waals surface area contributed by atoms with Crippen molar-refractivity contribution in [3.8, 4) is 22.8 Å². The number of aliphatic carboxylic acids is 1. The molecule has 0 aliphatic heterocycles. The molecule has 8 aromatic rings. The van der Waals surface area contributed by atoms with E-state index in [1.54, 1.807) is 6.20 Å². The van der Waals surface area contributed by atoms with Crippen LogP contribution in [0.4, 0.5) is 5.82 Å². The smallest absolute Gasteiger partial charge is 0.308 e. The zero-order chi connectivity index (χ0) is 38.5. The van der Waals surface area contributed by atoms with Gasteiger partial charge in [-0.1, -0.05) is 139 Å². The van der Waals surface area contributed by atoms with Crippen molar-refractivity contribution in [2.45, 2.75) is 37.3 Å². The van der Waals surface area contributed by atoms with E-state index in [9.17, 15) is 9.90 Å². The molecule has 280 valence electrons. The highest BCUT2D eigenvalue weighted by Gasteiger charge is 2.47. The van der Waals surface area contributed by atoms with Crippen LogP contribution in [0.25, 0.3) is 44.6 Å². The number of pyridine rings is 1. The van der Waals surface area contributed by atoms with Gasteiger partial charge in [0, 0.05) is 23.9 Å². The van der Waals surface area contributed by atoms with E-state index >= 15 is 0 Å². The Morgan fingerprint density at radius 3 is 1.93 bits per heavy atom. The number of fused-ring (bicyclic) bond motifs is 5. The van der Waals surface area contributed by atoms with Gasteiger partial charge in [-0.25, -0.2) is 19.6 Å². The van der Waals surface area contributed by atoms with E-state index in [1.165, 1.54) is 0 Å². The number of anilines is 1. The van der Waals surface area contributed by atoms with Crippen LogP contribution in [0.3, 0.4) is 0 Å². The van der Waals surface area contributed by atoms with Crippen molar-refractivity contribution in [3.05, 3.63) is 174 Å². The molecular formula is C48H39ClN6O2. The van der Waals surface area contributed by atoms with E-state index in [0.29, 0.717) is 39.1 Å². The van der Waals surface area contributed by atoms with Gasteiger partial charge in [0.05, 0.1) is 22.0 Å². The van der Waals surface area contributed by atoms with E-state index in [-0.39, 0.29) is 17.9 Å². The molecule has 2 bridgehead atoms. The predicted molar refractivity (Wildman–Crippen MR) is 225 cm³/mol. The molecule has 3 fully saturated rings. The molecule has 11 rings (SSSR count). The van der Waals surface area contributed by atoms with Crippen molar-refractivity contribution in [3.63, 3.8) is 0 Å². The lowest BCUT2D eigenvalue weighted by Crippen LogP contribution is -2.51. The third-order valence-electron chi connectivity index (χ3n) is 12.2. The SMILES string of the molecule is O=C(O)C1C2CCC(CC2)C1Nc1cc(-c2ccc3ccccc3c2)nc(-c2nn(C(c3ccccc3)(c3ccccc3)c3ccccc3)c3ncc(Cl)cc23)n1. The molecular weight excluding hydrogens is 728 g/mol. The number of carbonyl (C=O) groups is 1. The fourth-order valence-corrected chi connectivity index (χ4v) is 9.75. The first-order valence-corrected chi connectivity index (χ1v) is 19.9. The average molecular weight is 767 g/mol. The van der Waals surface area contributed by atoms with Crippen molar-refractivity contribution in [2.75, 3.05) is 5.32 Å². The average Bonchev–Trinajstić information content (AvgIpc) is 3.64. The lowest BCUT2D eigenvalue weighted by atomic mass is 9.61. The van der Waals surface area contributed by atoms with E-state index in [1.807, 2.05) is 83.5 Å². The second-order valence-corrected chi connectivity index (χ2v) is 15.8. The third-order valence-corrected chi connectivity index (χ3v) is 12.4. The lowest BCUT2D eigenvalue weighted by molar-refractivity contribution is -0.148. The maximum absolute atomic E-state index is 12.8. The molecule has 0 spiro atoms. The topological polar surface area (TPSA) is 106 Å². The van der Waals surface area contributed by atoms with Crippen LogP contribution in [0, 0.1) is 17.8 Å². The van der Waals surface area contributed by atoms with Crippen LogP contribution >= 0.6 is 11.6 Å². The fraction of sp³-hybridized carbons (Fsp3) is 0.188. The van der Waals surface area contributed by atoms with E-state index in [4.69, 9.17) is 31.7 Å². The standard InChI is InChI=1S/C48H39ClN6O2/c49-38-27-39-44(54-55(46(39)50-29-38)48(35-14-4-1-5-15-35,36-16-6-2-7-17-36)37-18-8-3-9-19-37)45-51-40(34-25-20-30-12-10-11-13-33(30)26-34)28-41(53-45)52-43-32-23-21-31(22-24-32)42(43)47(56)57/h1-20,25-29,31-32,42-43H,21-24H2,(H,56,57)(H,51,52,53). The molecule has 2 atom stereocenters. The van der Waals surface area contributed by atoms with Gasteiger partial charge in [0.15, 0.2) is 11.5 Å². The summed E-state index contributed by atoms with van der Waals surface area (Å²) >= 11 is 6.77. The number of carboxylic acid groups (broad SMARTS) is 1. The van der Waals surface area contributed by atoms with Gasteiger partial charge in [-0.05, 0) is 77.1 Å². The summed E-state index contributed by atoms with van der Waals surface area (Å²) < 4.78 is 1.99. The molecule has 2 N–H and O–H groups in total. The van der Waals surface area contributed by atoms with Gasteiger partial charge in [-0.2, -0.15) is 5.10 Å². The number of nitrogens with one attached hydrogen (secondary N) is 1. The van der Waals surface area contributed by atoms with Crippen molar-refractivity contribution in [1.82, 2.24) is 24.7 Å². The maximum Gasteiger partial charge on any atom is 0.308 e. The number of benzene rings is 5. The zero-order valence-electron chi connectivity index (χ0n) is 31.0. The Kier molecular flexibility index (Phi) is 8.79. The third kappa shape index (κ3) is 6.03. The Morgan fingerprint density at radius 1 is 0.702 bits per heavy atom. The van der Waals surface area contributed by atoms with Crippen molar-refractivity contribution < 1.29 is 9.90 Å². The molecule has 0 saturated heterocycles. The van der Waals surface area contributed by atoms with E-state index < -0.39 is 17.4 Å². The van der Waals surface area contributed by atoms with Crippen LogP contribution in [0.2, 0.25) is 5.02 Å². The van der Waals surface area contributed by atoms with Crippen molar-refractivity contribution >= 4 is 45.2 Å². The first kappa shape index (κ1) is 35.1. The summed E-state index contributed by atoms with van der Waals surface area (Å²) in [5.41, 5.74) is 4.75. The summed E-state index contributed by atoms with van der Waals surface area (Å²) in [5, 5.41) is 23.0. The summed E-state index contributed by atoms with van der Waals surface area (Å²) in [6, 6.07) is 49.2. The number of hydrogen-bond donors (Lipinski definition) is 2. The first-order chi connectivity index (χ1) is 28.0. The van der Waals surface area contributed by atoms with Gasteiger partial charge >= 0.3 is 5.97 Å². The molecule has 3 saturated carbocycles. The van der Waals surface area contributed by atoms with Crippen LogP contribution in [-0.2, 0) is 10.3 Å². The van der Waals surface area contributed by atoms with Gasteiger partial charge in [0.1, 0.15) is 17.1 Å². The van der Waals surface area contributed by atoms with Crippen molar-refractivity contribution in [1.29, 1.82) is 0 Å². The molecule has 0 radical (unpaired) electrons. The molecule has 3 aromatic heterocycles. The molecule has 3 aliphatic carbocycles. The number of halogens is 1. The van der Waals surface area contributed by atoms with Crippen molar-refractivity contribution in [2.24, 2.45) is 17.8 Å². The molecule has 5 aromatic carbocycles. The van der Waals surface area contributed by atoms with Crippen LogP contribution < -0.4 is 5.32 Å². The Labute approximate surface area is 335 Å². The molecule has 57 heavy (non-hydrogen) atoms. The minimum Gasteiger partial charge on any atom is -0.481 e. The molecule has 3 heterocycles. The van der Waals surface area contributed by atoms with Gasteiger partial charge in [0.2, 0.25) is 0 Å². The number of nitrogens with zero attached hydrogens (tertiary/aromatic N) is 5. The first-order valence-electron chi connectivity index (χ1n) is 19.6. The summed E-state index contributed by atoms with van der Waals surface area (Å²) in [6.45, 7) is 0.